The van der Waals surface area contributed by atoms with Gasteiger partial charge in [-0.3, -0.25) is 4.90 Å². The molecule has 1 aliphatic heterocycles. The van der Waals surface area contributed by atoms with Crippen LogP contribution in [0.2, 0.25) is 0 Å². The predicted molar refractivity (Wildman–Crippen MR) is 84.2 cm³/mol. The molecule has 118 valence electrons. The number of morpholine rings is 1. The minimum absolute atomic E-state index is 0.304. The van der Waals surface area contributed by atoms with Crippen molar-refractivity contribution >= 4 is 11.6 Å². The second-order valence-corrected chi connectivity index (χ2v) is 5.41. The van der Waals surface area contributed by atoms with E-state index in [1.807, 2.05) is 6.07 Å². The van der Waals surface area contributed by atoms with Crippen LogP contribution in [0.3, 0.4) is 0 Å². The third-order valence-corrected chi connectivity index (χ3v) is 3.42. The average Bonchev–Trinajstić information content (AvgIpc) is 2.48. The molecule has 0 bridgehead atoms. The van der Waals surface area contributed by atoms with Crippen molar-refractivity contribution in [2.24, 2.45) is 5.84 Å². The summed E-state index contributed by atoms with van der Waals surface area (Å²) < 4.78 is 5.37. The molecule has 1 unspecified atom stereocenters. The van der Waals surface area contributed by atoms with E-state index in [1.54, 1.807) is 0 Å². The second kappa shape index (κ2) is 8.11. The first-order valence-electron chi connectivity index (χ1n) is 7.62. The number of nitrogens with two attached hydrogens (primary N) is 1. The minimum atomic E-state index is 0.304. The largest absolute Gasteiger partial charge is 0.379 e. The summed E-state index contributed by atoms with van der Waals surface area (Å²) in [6.45, 7) is 8.87. The molecule has 1 aromatic rings. The van der Waals surface area contributed by atoms with Crippen molar-refractivity contribution in [1.82, 2.24) is 14.9 Å². The lowest BCUT2D eigenvalue weighted by Crippen LogP contribution is -2.42. The zero-order valence-corrected chi connectivity index (χ0v) is 12.9. The Morgan fingerprint density at radius 1 is 1.33 bits per heavy atom. The van der Waals surface area contributed by atoms with Crippen molar-refractivity contribution in [2.45, 2.75) is 32.7 Å². The normalized spacial score (nSPS) is 17.5. The zero-order chi connectivity index (χ0) is 15.1. The summed E-state index contributed by atoms with van der Waals surface area (Å²) in [5, 5.41) is 3.43. The van der Waals surface area contributed by atoms with Crippen LogP contribution in [-0.4, -0.2) is 53.8 Å². The highest BCUT2D eigenvalue weighted by Crippen LogP contribution is 2.13. The Labute approximate surface area is 126 Å². The van der Waals surface area contributed by atoms with Gasteiger partial charge in [-0.05, 0) is 13.3 Å². The number of aromatic nitrogens is 2. The highest BCUT2D eigenvalue weighted by molar-refractivity contribution is 5.47. The predicted octanol–water partition coefficient (Wildman–Crippen LogP) is 0.847. The lowest BCUT2D eigenvalue weighted by Gasteiger charge is -2.29. The number of nitrogens with zero attached hydrogens (tertiary/aromatic N) is 3. The second-order valence-electron chi connectivity index (χ2n) is 5.41. The third-order valence-electron chi connectivity index (χ3n) is 3.42. The number of anilines is 2. The molecule has 1 fully saturated rings. The van der Waals surface area contributed by atoms with E-state index in [1.165, 1.54) is 0 Å². The summed E-state index contributed by atoms with van der Waals surface area (Å²) in [5.74, 6) is 7.76. The van der Waals surface area contributed by atoms with Gasteiger partial charge in [-0.2, -0.15) is 0 Å². The molecule has 0 aromatic carbocycles. The molecule has 0 saturated carbocycles. The molecule has 0 radical (unpaired) electrons. The summed E-state index contributed by atoms with van der Waals surface area (Å²) in [6.07, 6.45) is 1.86. The number of hydrazine groups is 1. The topological polar surface area (TPSA) is 88.3 Å². The van der Waals surface area contributed by atoms with Crippen molar-refractivity contribution in [3.8, 4) is 0 Å². The summed E-state index contributed by atoms with van der Waals surface area (Å²) in [5.41, 5.74) is 2.60. The molecule has 21 heavy (non-hydrogen) atoms. The van der Waals surface area contributed by atoms with E-state index in [4.69, 9.17) is 10.6 Å². The molecule has 7 heteroatoms. The molecular formula is C14H26N6O. The Bertz CT molecular complexity index is 435. The van der Waals surface area contributed by atoms with Crippen LogP contribution in [0.4, 0.5) is 11.6 Å². The Morgan fingerprint density at radius 2 is 2.05 bits per heavy atom. The molecule has 0 aliphatic carbocycles. The van der Waals surface area contributed by atoms with Crippen LogP contribution in [0.25, 0.3) is 0 Å². The van der Waals surface area contributed by atoms with Gasteiger partial charge in [0, 0.05) is 38.2 Å². The van der Waals surface area contributed by atoms with Crippen LogP contribution in [0.1, 0.15) is 26.1 Å². The first kappa shape index (κ1) is 15.9. The zero-order valence-electron chi connectivity index (χ0n) is 12.9. The van der Waals surface area contributed by atoms with Crippen LogP contribution in [0, 0.1) is 0 Å². The number of nitrogens with one attached hydrogen (secondary N) is 2. The standard InChI is InChI=1S/C14H26N6O/c1-3-4-12-17-13(9-14(18-12)19-15)16-11(2)10-20-5-7-21-8-6-20/h9,11H,3-8,10,15H2,1-2H3,(H2,16,17,18,19). The molecule has 1 aromatic heterocycles. The number of nitrogen functional groups attached to an aromatic ring is 1. The number of ether oxygens (including phenoxy) is 1. The van der Waals surface area contributed by atoms with Crippen molar-refractivity contribution in [3.05, 3.63) is 11.9 Å². The SMILES string of the molecule is CCCc1nc(NN)cc(NC(C)CN2CCOCC2)n1. The maximum atomic E-state index is 5.47. The fourth-order valence-corrected chi connectivity index (χ4v) is 2.45. The van der Waals surface area contributed by atoms with Gasteiger partial charge in [0.15, 0.2) is 0 Å². The molecular weight excluding hydrogens is 268 g/mol. The van der Waals surface area contributed by atoms with E-state index in [2.05, 4.69) is 39.5 Å². The maximum absolute atomic E-state index is 5.47. The van der Waals surface area contributed by atoms with Crippen molar-refractivity contribution < 1.29 is 4.74 Å². The molecule has 1 atom stereocenters. The Morgan fingerprint density at radius 3 is 2.71 bits per heavy atom. The Balaban J connectivity index is 1.95. The fourth-order valence-electron chi connectivity index (χ4n) is 2.45. The van der Waals surface area contributed by atoms with Crippen molar-refractivity contribution in [2.75, 3.05) is 43.6 Å². The van der Waals surface area contributed by atoms with Gasteiger partial charge in [0.2, 0.25) is 0 Å². The molecule has 0 spiro atoms. The van der Waals surface area contributed by atoms with Gasteiger partial charge in [-0.15, -0.1) is 0 Å². The van der Waals surface area contributed by atoms with Crippen LogP contribution >= 0.6 is 0 Å². The van der Waals surface area contributed by atoms with Crippen molar-refractivity contribution in [1.29, 1.82) is 0 Å². The summed E-state index contributed by atoms with van der Waals surface area (Å²) in [6, 6.07) is 2.15. The molecule has 4 N–H and O–H groups in total. The van der Waals surface area contributed by atoms with E-state index in [9.17, 15) is 0 Å². The van der Waals surface area contributed by atoms with Gasteiger partial charge < -0.3 is 15.5 Å². The Hall–Kier alpha value is -1.44. The molecule has 1 saturated heterocycles. The average molecular weight is 294 g/mol. The fraction of sp³-hybridized carbons (Fsp3) is 0.714. The molecule has 2 heterocycles. The van der Waals surface area contributed by atoms with Crippen LogP contribution in [0.15, 0.2) is 6.07 Å². The molecule has 7 nitrogen and oxygen atoms in total. The van der Waals surface area contributed by atoms with Crippen molar-refractivity contribution in [3.63, 3.8) is 0 Å². The van der Waals surface area contributed by atoms with Gasteiger partial charge in [0.25, 0.3) is 0 Å². The van der Waals surface area contributed by atoms with Gasteiger partial charge in [0.1, 0.15) is 17.5 Å². The van der Waals surface area contributed by atoms with Gasteiger partial charge in [-0.1, -0.05) is 6.92 Å². The van der Waals surface area contributed by atoms with Gasteiger partial charge in [0.05, 0.1) is 13.2 Å². The quantitative estimate of drug-likeness (QED) is 0.507. The summed E-state index contributed by atoms with van der Waals surface area (Å²) in [4.78, 5) is 11.3. The number of rotatable bonds is 7. The van der Waals surface area contributed by atoms with Gasteiger partial charge in [-0.25, -0.2) is 15.8 Å². The van der Waals surface area contributed by atoms with E-state index >= 15 is 0 Å². The smallest absolute Gasteiger partial charge is 0.145 e. The van der Waals surface area contributed by atoms with Crippen LogP contribution in [-0.2, 0) is 11.2 Å². The molecule has 2 rings (SSSR count). The molecule has 1 aliphatic rings. The van der Waals surface area contributed by atoms with E-state index in [0.717, 1.165) is 57.3 Å². The van der Waals surface area contributed by atoms with E-state index in [-0.39, 0.29) is 0 Å². The van der Waals surface area contributed by atoms with E-state index in [0.29, 0.717) is 11.9 Å². The first-order chi connectivity index (χ1) is 10.2. The maximum Gasteiger partial charge on any atom is 0.145 e. The Kier molecular flexibility index (Phi) is 6.16. The number of hydrogen-bond acceptors (Lipinski definition) is 7. The lowest BCUT2D eigenvalue weighted by atomic mass is 10.2. The van der Waals surface area contributed by atoms with Crippen LogP contribution in [0.5, 0.6) is 0 Å². The minimum Gasteiger partial charge on any atom is -0.379 e. The monoisotopic (exact) mass is 294 g/mol. The van der Waals surface area contributed by atoms with Gasteiger partial charge >= 0.3 is 0 Å². The highest BCUT2D eigenvalue weighted by atomic mass is 16.5. The summed E-state index contributed by atoms with van der Waals surface area (Å²) in [7, 11) is 0. The lowest BCUT2D eigenvalue weighted by molar-refractivity contribution is 0.0368. The van der Waals surface area contributed by atoms with Crippen LogP contribution < -0.4 is 16.6 Å². The number of aryl methyl sites for hydroxylation is 1. The first-order valence-corrected chi connectivity index (χ1v) is 7.62. The molecule has 0 amide bonds. The third kappa shape index (κ3) is 5.11. The van der Waals surface area contributed by atoms with E-state index < -0.39 is 0 Å². The number of hydrogen-bond donors (Lipinski definition) is 3. The summed E-state index contributed by atoms with van der Waals surface area (Å²) >= 11 is 0. The highest BCUT2D eigenvalue weighted by Gasteiger charge is 2.14.